The summed E-state index contributed by atoms with van der Waals surface area (Å²) in [6.45, 7) is 4.76. The van der Waals surface area contributed by atoms with Crippen LogP contribution in [0.5, 0.6) is 0 Å². The summed E-state index contributed by atoms with van der Waals surface area (Å²) in [5.41, 5.74) is 0. The van der Waals surface area contributed by atoms with E-state index in [0.717, 1.165) is 23.5 Å². The number of hydrogen-bond acceptors (Lipinski definition) is 0. The first-order valence-corrected chi connectivity index (χ1v) is 7.61. The molecule has 2 aliphatic rings. The van der Waals surface area contributed by atoms with Gasteiger partial charge in [0.2, 0.25) is 0 Å². The first-order chi connectivity index (χ1) is 7.61. The summed E-state index contributed by atoms with van der Waals surface area (Å²) in [5, 5.41) is 0. The standard InChI is InChI=1S/2C7H15B/c2*1-6-4-2-3-5-7(6)8/h2*6-7H,2-5,8H2,1H3/t2*6-,7-/m10/s1. The van der Waals surface area contributed by atoms with Gasteiger partial charge in [0.25, 0.3) is 0 Å². The van der Waals surface area contributed by atoms with Gasteiger partial charge in [0.1, 0.15) is 15.7 Å². The van der Waals surface area contributed by atoms with E-state index >= 15 is 0 Å². The van der Waals surface area contributed by atoms with E-state index < -0.39 is 0 Å². The highest BCUT2D eigenvalue weighted by Gasteiger charge is 2.16. The molecule has 16 heavy (non-hydrogen) atoms. The lowest BCUT2D eigenvalue weighted by Crippen LogP contribution is -2.10. The van der Waals surface area contributed by atoms with Crippen LogP contribution in [-0.2, 0) is 0 Å². The molecule has 0 spiro atoms. The van der Waals surface area contributed by atoms with E-state index in [9.17, 15) is 0 Å². The molecule has 2 rings (SSSR count). The summed E-state index contributed by atoms with van der Waals surface area (Å²) in [6, 6.07) is 0. The Bertz CT molecular complexity index is 142. The molecule has 0 radical (unpaired) electrons. The van der Waals surface area contributed by atoms with Gasteiger partial charge in [-0.1, -0.05) is 76.8 Å². The molecule has 0 aliphatic heterocycles. The molecule has 0 aromatic rings. The Hall–Kier alpha value is 0.130. The van der Waals surface area contributed by atoms with Gasteiger partial charge in [0, 0.05) is 0 Å². The van der Waals surface area contributed by atoms with E-state index in [1.54, 1.807) is 0 Å². The predicted molar refractivity (Wildman–Crippen MR) is 79.9 cm³/mol. The maximum absolute atomic E-state index is 2.38. The van der Waals surface area contributed by atoms with Crippen molar-refractivity contribution in [1.82, 2.24) is 0 Å². The quantitative estimate of drug-likeness (QED) is 0.549. The minimum absolute atomic E-state index is 1.00. The number of rotatable bonds is 0. The van der Waals surface area contributed by atoms with E-state index in [2.05, 4.69) is 29.5 Å². The van der Waals surface area contributed by atoms with Crippen molar-refractivity contribution in [3.8, 4) is 0 Å². The molecular formula is C14H30B2. The van der Waals surface area contributed by atoms with Crippen LogP contribution in [0, 0.1) is 11.8 Å². The van der Waals surface area contributed by atoms with E-state index in [-0.39, 0.29) is 0 Å². The van der Waals surface area contributed by atoms with Crippen molar-refractivity contribution in [2.45, 2.75) is 76.8 Å². The average molecular weight is 220 g/mol. The Morgan fingerprint density at radius 1 is 0.625 bits per heavy atom. The monoisotopic (exact) mass is 220 g/mol. The maximum Gasteiger partial charge on any atom is 0.105 e. The molecule has 92 valence electrons. The Kier molecular flexibility index (Phi) is 6.61. The SMILES string of the molecule is B[C@@H]1CCCC[C@H]1C.B[C@H]1CCCC[C@@H]1C. The molecule has 0 bridgehead atoms. The van der Waals surface area contributed by atoms with Crippen molar-refractivity contribution in [3.05, 3.63) is 0 Å². The second kappa shape index (κ2) is 7.45. The Morgan fingerprint density at radius 2 is 0.938 bits per heavy atom. The van der Waals surface area contributed by atoms with Gasteiger partial charge in [0.05, 0.1) is 0 Å². The van der Waals surface area contributed by atoms with Crippen LogP contribution in [0.1, 0.15) is 65.2 Å². The van der Waals surface area contributed by atoms with E-state index in [0.29, 0.717) is 0 Å². The van der Waals surface area contributed by atoms with Gasteiger partial charge in [-0.15, -0.1) is 0 Å². The minimum Gasteiger partial charge on any atom is -0.0672 e. The lowest BCUT2D eigenvalue weighted by atomic mass is 9.69. The van der Waals surface area contributed by atoms with Gasteiger partial charge in [-0.2, -0.15) is 0 Å². The fourth-order valence-corrected chi connectivity index (χ4v) is 3.00. The Labute approximate surface area is 105 Å². The van der Waals surface area contributed by atoms with Crippen molar-refractivity contribution in [3.63, 3.8) is 0 Å². The van der Waals surface area contributed by atoms with Crippen LogP contribution >= 0.6 is 0 Å². The third-order valence-electron chi connectivity index (χ3n) is 5.08. The van der Waals surface area contributed by atoms with Crippen LogP contribution in [0.15, 0.2) is 0 Å². The molecule has 0 heterocycles. The van der Waals surface area contributed by atoms with Gasteiger partial charge in [-0.25, -0.2) is 0 Å². The third kappa shape index (κ3) is 4.97. The summed E-state index contributed by atoms with van der Waals surface area (Å²) in [5.74, 6) is 4.01. The van der Waals surface area contributed by atoms with Crippen molar-refractivity contribution >= 4 is 15.7 Å². The average Bonchev–Trinajstić information content (AvgIpc) is 2.28. The highest BCUT2D eigenvalue weighted by molar-refractivity contribution is 6.12. The summed E-state index contributed by atoms with van der Waals surface area (Å²) in [7, 11) is 4.76. The van der Waals surface area contributed by atoms with Crippen LogP contribution in [-0.4, -0.2) is 15.7 Å². The molecule has 0 nitrogen and oxygen atoms in total. The van der Waals surface area contributed by atoms with Gasteiger partial charge in [-0.3, -0.25) is 0 Å². The summed E-state index contributed by atoms with van der Waals surface area (Å²) in [6.07, 6.45) is 11.8. The van der Waals surface area contributed by atoms with Crippen LogP contribution in [0.4, 0.5) is 0 Å². The smallest absolute Gasteiger partial charge is 0.0672 e. The highest BCUT2D eigenvalue weighted by Crippen LogP contribution is 2.31. The fraction of sp³-hybridized carbons (Fsp3) is 1.00. The Morgan fingerprint density at radius 3 is 1.12 bits per heavy atom. The maximum atomic E-state index is 2.38. The highest BCUT2D eigenvalue weighted by atomic mass is 14.2. The predicted octanol–water partition coefficient (Wildman–Crippen LogP) is 3.24. The molecule has 0 amide bonds. The van der Waals surface area contributed by atoms with Crippen molar-refractivity contribution < 1.29 is 0 Å². The topological polar surface area (TPSA) is 0 Å². The molecule has 2 fully saturated rings. The Balaban J connectivity index is 0.000000160. The molecule has 2 saturated carbocycles. The van der Waals surface area contributed by atoms with Crippen LogP contribution < -0.4 is 0 Å². The molecule has 0 unspecified atom stereocenters. The molecular weight excluding hydrogens is 190 g/mol. The lowest BCUT2D eigenvalue weighted by Gasteiger charge is -2.24. The second-order valence-corrected chi connectivity index (χ2v) is 6.48. The van der Waals surface area contributed by atoms with Gasteiger partial charge < -0.3 is 0 Å². The van der Waals surface area contributed by atoms with Crippen LogP contribution in [0.25, 0.3) is 0 Å². The van der Waals surface area contributed by atoms with E-state index in [1.807, 2.05) is 0 Å². The first kappa shape index (κ1) is 14.2. The summed E-state index contributed by atoms with van der Waals surface area (Å²) < 4.78 is 0. The normalized spacial score (nSPS) is 39.6. The molecule has 4 atom stereocenters. The molecule has 0 aromatic carbocycles. The van der Waals surface area contributed by atoms with Crippen LogP contribution in [0.2, 0.25) is 11.6 Å². The molecule has 2 aliphatic carbocycles. The lowest BCUT2D eigenvalue weighted by molar-refractivity contribution is 0.386. The van der Waals surface area contributed by atoms with Crippen molar-refractivity contribution in [2.75, 3.05) is 0 Å². The number of hydrogen-bond donors (Lipinski definition) is 0. The van der Waals surface area contributed by atoms with Gasteiger partial charge in [0.15, 0.2) is 0 Å². The first-order valence-electron chi connectivity index (χ1n) is 7.61. The van der Waals surface area contributed by atoms with Gasteiger partial charge in [-0.05, 0) is 11.8 Å². The molecule has 0 saturated heterocycles. The summed E-state index contributed by atoms with van der Waals surface area (Å²) >= 11 is 0. The third-order valence-corrected chi connectivity index (χ3v) is 5.08. The summed E-state index contributed by atoms with van der Waals surface area (Å²) in [4.78, 5) is 0. The zero-order chi connectivity index (χ0) is 12.0. The van der Waals surface area contributed by atoms with Crippen LogP contribution in [0.3, 0.4) is 0 Å². The molecule has 0 aromatic heterocycles. The van der Waals surface area contributed by atoms with Gasteiger partial charge >= 0.3 is 0 Å². The van der Waals surface area contributed by atoms with Crippen molar-refractivity contribution in [1.29, 1.82) is 0 Å². The zero-order valence-corrected chi connectivity index (χ0v) is 12.0. The minimum atomic E-state index is 1.00. The zero-order valence-electron chi connectivity index (χ0n) is 12.0. The largest absolute Gasteiger partial charge is 0.105 e. The fourth-order valence-electron chi connectivity index (χ4n) is 3.00. The molecule has 0 N–H and O–H groups in total. The molecule has 2 heteroatoms. The van der Waals surface area contributed by atoms with E-state index in [4.69, 9.17) is 0 Å². The second-order valence-electron chi connectivity index (χ2n) is 6.48. The van der Waals surface area contributed by atoms with E-state index in [1.165, 1.54) is 51.4 Å². The van der Waals surface area contributed by atoms with Crippen molar-refractivity contribution in [2.24, 2.45) is 11.8 Å².